The molecule has 1 aromatic rings. The predicted molar refractivity (Wildman–Crippen MR) is 83.3 cm³/mol. The van der Waals surface area contributed by atoms with Crippen LogP contribution < -0.4 is 0 Å². The molecule has 0 unspecified atom stereocenters. The van der Waals surface area contributed by atoms with Crippen molar-refractivity contribution in [3.8, 4) is 17.2 Å². The van der Waals surface area contributed by atoms with Gasteiger partial charge in [-0.1, -0.05) is 6.58 Å². The maximum atomic E-state index is 10.1. The first-order valence-corrected chi connectivity index (χ1v) is 7.09. The first-order chi connectivity index (χ1) is 10.2. The van der Waals surface area contributed by atoms with Gasteiger partial charge in [-0.25, -0.2) is 0 Å². The van der Waals surface area contributed by atoms with E-state index in [1.807, 2.05) is 0 Å². The minimum atomic E-state index is -0.739. The summed E-state index contributed by atoms with van der Waals surface area (Å²) in [4.78, 5) is 0. The van der Waals surface area contributed by atoms with Crippen LogP contribution in [0.5, 0.6) is 17.2 Å². The number of fused-ring (bicyclic) bond motifs is 1. The molecule has 0 bridgehead atoms. The van der Waals surface area contributed by atoms with Crippen LogP contribution in [-0.2, 0) is 12.8 Å². The Morgan fingerprint density at radius 3 is 2.00 bits per heavy atom. The Kier molecular flexibility index (Phi) is 4.02. The number of aliphatic hydroxyl groups excluding tert-OH is 3. The van der Waals surface area contributed by atoms with Gasteiger partial charge in [0, 0.05) is 24.0 Å². The fourth-order valence-corrected chi connectivity index (χ4v) is 2.86. The van der Waals surface area contributed by atoms with Crippen molar-refractivity contribution in [3.05, 3.63) is 50.6 Å². The van der Waals surface area contributed by atoms with Gasteiger partial charge in [-0.15, -0.1) is 0 Å². The van der Waals surface area contributed by atoms with Crippen molar-refractivity contribution in [1.82, 2.24) is 0 Å². The summed E-state index contributed by atoms with van der Waals surface area (Å²) < 4.78 is 0.110. The summed E-state index contributed by atoms with van der Waals surface area (Å²) in [6, 6.07) is 0. The van der Waals surface area contributed by atoms with E-state index in [1.165, 1.54) is 6.92 Å². The van der Waals surface area contributed by atoms with Gasteiger partial charge in [0.1, 0.15) is 11.5 Å². The molecule has 22 heavy (non-hydrogen) atoms. The third kappa shape index (κ3) is 2.37. The molecule has 1 aliphatic rings. The van der Waals surface area contributed by atoms with Gasteiger partial charge < -0.3 is 30.6 Å². The molecule has 0 aliphatic heterocycles. The van der Waals surface area contributed by atoms with Crippen molar-refractivity contribution >= 4 is 15.9 Å². The summed E-state index contributed by atoms with van der Waals surface area (Å²) in [5.41, 5.74) is 0.692. The summed E-state index contributed by atoms with van der Waals surface area (Å²) in [7, 11) is 0. The summed E-state index contributed by atoms with van der Waals surface area (Å²) in [5, 5.41) is 59.6. The molecule has 6 nitrogen and oxygen atoms in total. The van der Waals surface area contributed by atoms with Crippen molar-refractivity contribution in [2.24, 2.45) is 0 Å². The highest BCUT2D eigenvalue weighted by Crippen LogP contribution is 2.47. The van der Waals surface area contributed by atoms with Crippen molar-refractivity contribution in [2.45, 2.75) is 19.8 Å². The zero-order valence-corrected chi connectivity index (χ0v) is 13.3. The van der Waals surface area contributed by atoms with Gasteiger partial charge in [0.25, 0.3) is 0 Å². The first-order valence-electron chi connectivity index (χ1n) is 6.30. The maximum Gasteiger partial charge on any atom is 0.201 e. The summed E-state index contributed by atoms with van der Waals surface area (Å²) in [6.07, 6.45) is -0.265. The van der Waals surface area contributed by atoms with Gasteiger partial charge in [-0.05, 0) is 34.0 Å². The third-order valence-electron chi connectivity index (χ3n) is 3.62. The number of hydrogen-bond donors (Lipinski definition) is 6. The second-order valence-corrected chi connectivity index (χ2v) is 5.84. The van der Waals surface area contributed by atoms with Gasteiger partial charge in [-0.3, -0.25) is 0 Å². The Hall–Kier alpha value is -2.28. The van der Waals surface area contributed by atoms with E-state index in [0.29, 0.717) is 5.56 Å². The van der Waals surface area contributed by atoms with Crippen molar-refractivity contribution in [2.75, 3.05) is 0 Å². The van der Waals surface area contributed by atoms with Crippen LogP contribution in [0, 0.1) is 0 Å². The van der Waals surface area contributed by atoms with E-state index in [-0.39, 0.29) is 39.8 Å². The molecular formula is C15H15BrO6. The molecule has 0 spiro atoms. The number of hydrogen-bond acceptors (Lipinski definition) is 6. The van der Waals surface area contributed by atoms with Gasteiger partial charge in [0.15, 0.2) is 17.3 Å². The van der Waals surface area contributed by atoms with Crippen LogP contribution in [0.25, 0.3) is 0 Å². The lowest BCUT2D eigenvalue weighted by Crippen LogP contribution is -2.01. The number of halogens is 1. The molecule has 0 aromatic heterocycles. The van der Waals surface area contributed by atoms with Crippen molar-refractivity contribution in [1.29, 1.82) is 0 Å². The highest BCUT2D eigenvalue weighted by Gasteiger charge is 2.26. The van der Waals surface area contributed by atoms with Gasteiger partial charge >= 0.3 is 0 Å². The Balaban J connectivity index is 2.82. The fraction of sp³-hybridized carbons (Fsp3) is 0.200. The standard InChI is InChI=1S/C15H15BrO6/c1-5-3-7-8(13(20)15(22)14(21)10(7)16)4-9(17)12(19)6(2)11(5)18/h17-22H,1,3-4H2,2H3/b11-6?,12-9-. The molecule has 0 saturated carbocycles. The van der Waals surface area contributed by atoms with Crippen LogP contribution in [0.3, 0.4) is 0 Å². The molecule has 1 aliphatic carbocycles. The van der Waals surface area contributed by atoms with Crippen LogP contribution in [0.4, 0.5) is 0 Å². The molecule has 0 saturated heterocycles. The van der Waals surface area contributed by atoms with Crippen LogP contribution >= 0.6 is 15.9 Å². The van der Waals surface area contributed by atoms with E-state index in [1.54, 1.807) is 0 Å². The highest BCUT2D eigenvalue weighted by molar-refractivity contribution is 9.10. The molecule has 0 atom stereocenters. The Labute approximate surface area is 134 Å². The zero-order valence-electron chi connectivity index (χ0n) is 11.7. The molecule has 0 fully saturated rings. The van der Waals surface area contributed by atoms with E-state index in [2.05, 4.69) is 22.5 Å². The van der Waals surface area contributed by atoms with Gasteiger partial charge in [0.05, 0.1) is 4.47 Å². The normalized spacial score (nSPS) is 19.5. The number of phenols is 3. The number of benzene rings is 1. The van der Waals surface area contributed by atoms with Crippen LogP contribution in [0.1, 0.15) is 18.1 Å². The van der Waals surface area contributed by atoms with Crippen LogP contribution in [0.15, 0.2) is 39.5 Å². The Morgan fingerprint density at radius 2 is 1.41 bits per heavy atom. The topological polar surface area (TPSA) is 121 Å². The average molecular weight is 371 g/mol. The summed E-state index contributed by atoms with van der Waals surface area (Å²) in [6.45, 7) is 5.11. The quantitative estimate of drug-likeness (QED) is 0.389. The predicted octanol–water partition coefficient (Wildman–Crippen LogP) is 3.38. The minimum absolute atomic E-state index is 0.0288. The molecule has 0 heterocycles. The van der Waals surface area contributed by atoms with Gasteiger partial charge in [-0.2, -0.15) is 0 Å². The third-order valence-corrected chi connectivity index (χ3v) is 4.48. The number of aromatic hydroxyl groups is 3. The Bertz CT molecular complexity index is 745. The average Bonchev–Trinajstić information content (AvgIpc) is 2.52. The number of rotatable bonds is 0. The van der Waals surface area contributed by atoms with Crippen LogP contribution in [0.2, 0.25) is 0 Å². The summed E-state index contributed by atoms with van der Waals surface area (Å²) >= 11 is 3.11. The van der Waals surface area contributed by atoms with E-state index >= 15 is 0 Å². The number of phenolic OH excluding ortho intramolecular Hbond substituents is 3. The van der Waals surface area contributed by atoms with E-state index in [9.17, 15) is 30.6 Å². The largest absolute Gasteiger partial charge is 0.508 e. The monoisotopic (exact) mass is 370 g/mol. The van der Waals surface area contributed by atoms with E-state index < -0.39 is 28.8 Å². The van der Waals surface area contributed by atoms with E-state index in [4.69, 9.17) is 0 Å². The lowest BCUT2D eigenvalue weighted by Gasteiger charge is -2.16. The minimum Gasteiger partial charge on any atom is -0.508 e. The second-order valence-electron chi connectivity index (χ2n) is 5.04. The second kappa shape index (κ2) is 5.49. The van der Waals surface area contributed by atoms with E-state index in [0.717, 1.165) is 0 Å². The molecule has 1 aromatic carbocycles. The molecule has 2 rings (SSSR count). The SMILES string of the molecule is C=C1Cc2c(Br)c(O)c(O)c(O)c2C/C(O)=C(/O)C(C)=C1O. The lowest BCUT2D eigenvalue weighted by atomic mass is 9.96. The van der Waals surface area contributed by atoms with Gasteiger partial charge in [0.2, 0.25) is 5.75 Å². The van der Waals surface area contributed by atoms with Crippen molar-refractivity contribution in [3.63, 3.8) is 0 Å². The molecule has 6 N–H and O–H groups in total. The van der Waals surface area contributed by atoms with Crippen molar-refractivity contribution < 1.29 is 30.6 Å². The molecule has 0 amide bonds. The first kappa shape index (κ1) is 16.1. The highest BCUT2D eigenvalue weighted by atomic mass is 79.9. The molecule has 7 heteroatoms. The zero-order chi connectivity index (χ0) is 16.8. The summed E-state index contributed by atoms with van der Waals surface area (Å²) in [5.74, 6) is -3.23. The van der Waals surface area contributed by atoms with Crippen LogP contribution in [-0.4, -0.2) is 30.6 Å². The fourth-order valence-electron chi connectivity index (χ4n) is 2.29. The molecule has 118 valence electrons. The maximum absolute atomic E-state index is 10.1. The molecular weight excluding hydrogens is 356 g/mol. The lowest BCUT2D eigenvalue weighted by molar-refractivity contribution is 0.316. The number of aliphatic hydroxyl groups is 3. The molecule has 0 radical (unpaired) electrons. The Morgan fingerprint density at radius 1 is 0.818 bits per heavy atom. The smallest absolute Gasteiger partial charge is 0.201 e. The number of allylic oxidation sites excluding steroid dienone is 3.